The van der Waals surface area contributed by atoms with Gasteiger partial charge in [-0.25, -0.2) is 0 Å². The Kier molecular flexibility index (Phi) is 6.08. The topological polar surface area (TPSA) is 23.8 Å². The normalized spacial score (nSPS) is 10.8. The van der Waals surface area contributed by atoms with E-state index >= 15 is 0 Å². The molecule has 0 heterocycles. The van der Waals surface area contributed by atoms with Crippen LogP contribution in [0.15, 0.2) is 54.6 Å². The lowest BCUT2D eigenvalue weighted by Crippen LogP contribution is -1.99. The molecule has 3 aromatic carbocycles. The summed E-state index contributed by atoms with van der Waals surface area (Å²) >= 11 is 0. The number of hydrogen-bond donors (Lipinski definition) is 0. The molecule has 3 rings (SSSR count). The van der Waals surface area contributed by atoms with Gasteiger partial charge in [0.15, 0.2) is 0 Å². The molecule has 0 radical (unpaired) electrons. The molecule has 0 saturated carbocycles. The molecule has 26 heavy (non-hydrogen) atoms. The van der Waals surface area contributed by atoms with Gasteiger partial charge in [-0.2, -0.15) is 5.26 Å². The van der Waals surface area contributed by atoms with Gasteiger partial charge in [0.25, 0.3) is 0 Å². The average molecular weight is 341 g/mol. The van der Waals surface area contributed by atoms with Crippen molar-refractivity contribution in [1.82, 2.24) is 0 Å². The molecule has 0 bridgehead atoms. The van der Waals surface area contributed by atoms with E-state index in [9.17, 15) is 0 Å². The van der Waals surface area contributed by atoms with Crippen molar-refractivity contribution in [2.24, 2.45) is 0 Å². The van der Waals surface area contributed by atoms with Crippen molar-refractivity contribution >= 4 is 10.8 Å². The number of aryl methyl sites for hydroxylation is 2. The van der Waals surface area contributed by atoms with E-state index in [0.717, 1.165) is 18.4 Å². The van der Waals surface area contributed by atoms with Crippen LogP contribution in [0.2, 0.25) is 0 Å². The third kappa shape index (κ3) is 3.81. The predicted octanol–water partition coefficient (Wildman–Crippen LogP) is 7.06. The molecule has 0 N–H and O–H groups in total. The van der Waals surface area contributed by atoms with Gasteiger partial charge >= 0.3 is 0 Å². The molecule has 0 saturated heterocycles. The van der Waals surface area contributed by atoms with E-state index in [1.165, 1.54) is 58.7 Å². The van der Waals surface area contributed by atoms with Crippen molar-refractivity contribution in [3.05, 3.63) is 71.3 Å². The number of hydrogen-bond acceptors (Lipinski definition) is 1. The van der Waals surface area contributed by atoms with Crippen LogP contribution >= 0.6 is 0 Å². The van der Waals surface area contributed by atoms with E-state index in [1.54, 1.807) is 0 Å². The second-order valence-corrected chi connectivity index (χ2v) is 7.01. The molecule has 1 nitrogen and oxygen atoms in total. The zero-order valence-electron chi connectivity index (χ0n) is 15.9. The van der Waals surface area contributed by atoms with Gasteiger partial charge in [0, 0.05) is 0 Å². The van der Waals surface area contributed by atoms with Crippen LogP contribution in [-0.2, 0) is 12.8 Å². The summed E-state index contributed by atoms with van der Waals surface area (Å²) in [4.78, 5) is 0. The average Bonchev–Trinajstić information content (AvgIpc) is 2.70. The fraction of sp³-hybridized carbons (Fsp3) is 0.320. The van der Waals surface area contributed by atoms with Crippen LogP contribution in [0.3, 0.4) is 0 Å². The summed E-state index contributed by atoms with van der Waals surface area (Å²) < 4.78 is 0. The largest absolute Gasteiger partial charge is 0.192 e. The smallest absolute Gasteiger partial charge is 0.0991 e. The van der Waals surface area contributed by atoms with Crippen LogP contribution < -0.4 is 0 Å². The molecular formula is C25H27N. The maximum absolute atomic E-state index is 9.13. The zero-order chi connectivity index (χ0) is 18.4. The van der Waals surface area contributed by atoms with Crippen molar-refractivity contribution in [2.75, 3.05) is 0 Å². The van der Waals surface area contributed by atoms with Crippen molar-refractivity contribution in [2.45, 2.75) is 52.4 Å². The number of unbranched alkanes of at least 4 members (excludes halogenated alkanes) is 2. The first-order valence-corrected chi connectivity index (χ1v) is 9.82. The Hall–Kier alpha value is -2.59. The fourth-order valence-corrected chi connectivity index (χ4v) is 3.73. The number of rotatable bonds is 7. The van der Waals surface area contributed by atoms with E-state index < -0.39 is 0 Å². The van der Waals surface area contributed by atoms with Gasteiger partial charge in [-0.05, 0) is 70.8 Å². The minimum Gasteiger partial charge on any atom is -0.192 e. The van der Waals surface area contributed by atoms with Crippen molar-refractivity contribution < 1.29 is 0 Å². The monoisotopic (exact) mass is 341 g/mol. The molecular weight excluding hydrogens is 314 g/mol. The lowest BCUT2D eigenvalue weighted by Gasteiger charge is -2.19. The Labute approximate surface area is 157 Å². The molecule has 0 fully saturated rings. The quantitative estimate of drug-likeness (QED) is 0.451. The van der Waals surface area contributed by atoms with E-state index in [4.69, 9.17) is 5.26 Å². The van der Waals surface area contributed by atoms with Crippen LogP contribution in [0.25, 0.3) is 21.9 Å². The van der Waals surface area contributed by atoms with E-state index in [2.05, 4.69) is 62.4 Å². The highest BCUT2D eigenvalue weighted by molar-refractivity contribution is 5.93. The highest BCUT2D eigenvalue weighted by atomic mass is 14.2. The van der Waals surface area contributed by atoms with Crippen LogP contribution in [0.5, 0.6) is 0 Å². The first-order valence-electron chi connectivity index (χ1n) is 9.82. The van der Waals surface area contributed by atoms with E-state index in [1.807, 2.05) is 12.1 Å². The van der Waals surface area contributed by atoms with E-state index in [0.29, 0.717) is 0 Å². The summed E-state index contributed by atoms with van der Waals surface area (Å²) in [6, 6.07) is 21.5. The van der Waals surface area contributed by atoms with Crippen LogP contribution in [0, 0.1) is 11.3 Å². The Morgan fingerprint density at radius 1 is 0.846 bits per heavy atom. The highest BCUT2D eigenvalue weighted by Gasteiger charge is 2.15. The minimum atomic E-state index is 0.722. The van der Waals surface area contributed by atoms with Gasteiger partial charge in [-0.3, -0.25) is 0 Å². The lowest BCUT2D eigenvalue weighted by atomic mass is 9.85. The number of benzene rings is 3. The molecule has 0 aliphatic carbocycles. The second-order valence-electron chi connectivity index (χ2n) is 7.01. The third-order valence-electron chi connectivity index (χ3n) is 5.12. The SMILES string of the molecule is CCCCc1cc2ccccc2c(CCCC)c1-c1ccc(C#N)cc1. The first-order chi connectivity index (χ1) is 12.8. The Morgan fingerprint density at radius 2 is 1.54 bits per heavy atom. The molecule has 0 unspecified atom stereocenters. The van der Waals surface area contributed by atoms with Gasteiger partial charge in [-0.1, -0.05) is 69.2 Å². The molecule has 0 aliphatic heterocycles. The van der Waals surface area contributed by atoms with Crippen LogP contribution in [-0.4, -0.2) is 0 Å². The maximum atomic E-state index is 9.13. The van der Waals surface area contributed by atoms with Crippen molar-refractivity contribution in [3.8, 4) is 17.2 Å². The molecule has 0 spiro atoms. The van der Waals surface area contributed by atoms with E-state index in [-0.39, 0.29) is 0 Å². The Balaban J connectivity index is 2.25. The molecule has 3 aromatic rings. The zero-order valence-corrected chi connectivity index (χ0v) is 15.9. The summed E-state index contributed by atoms with van der Waals surface area (Å²) in [5.74, 6) is 0. The predicted molar refractivity (Wildman–Crippen MR) is 111 cm³/mol. The summed E-state index contributed by atoms with van der Waals surface area (Å²) in [6.45, 7) is 4.50. The third-order valence-corrected chi connectivity index (χ3v) is 5.12. The number of fused-ring (bicyclic) bond motifs is 1. The lowest BCUT2D eigenvalue weighted by molar-refractivity contribution is 0.786. The summed E-state index contributed by atoms with van der Waals surface area (Å²) in [6.07, 6.45) is 7.01. The van der Waals surface area contributed by atoms with Crippen LogP contribution in [0.4, 0.5) is 0 Å². The van der Waals surface area contributed by atoms with Crippen LogP contribution in [0.1, 0.15) is 56.2 Å². The molecule has 0 amide bonds. The van der Waals surface area contributed by atoms with Gasteiger partial charge in [0.05, 0.1) is 11.6 Å². The number of nitrogens with zero attached hydrogens (tertiary/aromatic N) is 1. The fourth-order valence-electron chi connectivity index (χ4n) is 3.73. The molecule has 0 atom stereocenters. The first kappa shape index (κ1) is 18.2. The van der Waals surface area contributed by atoms with Gasteiger partial charge in [0.2, 0.25) is 0 Å². The molecule has 0 aliphatic rings. The second kappa shape index (κ2) is 8.68. The van der Waals surface area contributed by atoms with Crippen molar-refractivity contribution in [3.63, 3.8) is 0 Å². The molecule has 1 heteroatoms. The summed E-state index contributed by atoms with van der Waals surface area (Å²) in [7, 11) is 0. The Morgan fingerprint density at radius 3 is 2.23 bits per heavy atom. The molecule has 0 aromatic heterocycles. The maximum Gasteiger partial charge on any atom is 0.0991 e. The number of nitriles is 1. The minimum absolute atomic E-state index is 0.722. The van der Waals surface area contributed by atoms with Gasteiger partial charge in [-0.15, -0.1) is 0 Å². The standard InChI is InChI=1S/C25H27N/c1-3-5-9-22-17-21-10-7-8-12-23(21)24(11-6-4-2)25(22)20-15-13-19(18-26)14-16-20/h7-8,10,12-17H,3-6,9,11H2,1-2H3. The highest BCUT2D eigenvalue weighted by Crippen LogP contribution is 2.36. The summed E-state index contributed by atoms with van der Waals surface area (Å²) in [5.41, 5.74) is 6.28. The Bertz CT molecular complexity index is 913. The summed E-state index contributed by atoms with van der Waals surface area (Å²) in [5, 5.41) is 11.9. The molecule has 132 valence electrons. The van der Waals surface area contributed by atoms with Gasteiger partial charge in [0.1, 0.15) is 0 Å². The van der Waals surface area contributed by atoms with Gasteiger partial charge < -0.3 is 0 Å². The van der Waals surface area contributed by atoms with Crippen molar-refractivity contribution in [1.29, 1.82) is 5.26 Å².